The molecule has 1 N–H and O–H groups in total. The van der Waals surface area contributed by atoms with Gasteiger partial charge in [0.2, 0.25) is 6.79 Å². The number of amides is 2. The van der Waals surface area contributed by atoms with E-state index in [9.17, 15) is 4.79 Å². The van der Waals surface area contributed by atoms with E-state index in [1.807, 2.05) is 13.8 Å². The van der Waals surface area contributed by atoms with Crippen LogP contribution >= 0.6 is 0 Å². The molecule has 1 saturated heterocycles. The molecule has 0 bridgehead atoms. The Hall–Kier alpha value is -1.95. The van der Waals surface area contributed by atoms with Gasteiger partial charge in [0.15, 0.2) is 11.5 Å². The lowest BCUT2D eigenvalue weighted by Crippen LogP contribution is -2.49. The van der Waals surface area contributed by atoms with E-state index in [2.05, 4.69) is 5.32 Å². The molecule has 20 heavy (non-hydrogen) atoms. The molecule has 2 atom stereocenters. The highest BCUT2D eigenvalue weighted by Crippen LogP contribution is 2.34. The van der Waals surface area contributed by atoms with Crippen molar-refractivity contribution in [2.24, 2.45) is 0 Å². The number of nitrogens with one attached hydrogen (secondary N) is 1. The van der Waals surface area contributed by atoms with Crippen LogP contribution in [0.4, 0.5) is 10.5 Å². The zero-order valence-electron chi connectivity index (χ0n) is 11.6. The van der Waals surface area contributed by atoms with Crippen LogP contribution in [0.3, 0.4) is 0 Å². The number of ether oxygens (including phenoxy) is 3. The van der Waals surface area contributed by atoms with Crippen LogP contribution in [0, 0.1) is 0 Å². The topological polar surface area (TPSA) is 60.0 Å². The van der Waals surface area contributed by atoms with Crippen LogP contribution in [0.25, 0.3) is 0 Å². The van der Waals surface area contributed by atoms with Crippen molar-refractivity contribution in [1.82, 2.24) is 4.90 Å². The van der Waals surface area contributed by atoms with Gasteiger partial charge in [-0.25, -0.2) is 4.79 Å². The summed E-state index contributed by atoms with van der Waals surface area (Å²) in [5.41, 5.74) is 0.700. The molecule has 1 fully saturated rings. The third kappa shape index (κ3) is 2.65. The zero-order valence-corrected chi connectivity index (χ0v) is 11.6. The van der Waals surface area contributed by atoms with Gasteiger partial charge < -0.3 is 24.4 Å². The highest BCUT2D eigenvalue weighted by molar-refractivity contribution is 5.89. The Morgan fingerprint density at radius 2 is 1.90 bits per heavy atom. The molecule has 1 aromatic rings. The van der Waals surface area contributed by atoms with Crippen LogP contribution in [0.15, 0.2) is 18.2 Å². The Kier molecular flexibility index (Phi) is 3.40. The summed E-state index contributed by atoms with van der Waals surface area (Å²) in [5.74, 6) is 1.36. The van der Waals surface area contributed by atoms with Gasteiger partial charge in [-0.2, -0.15) is 0 Å². The van der Waals surface area contributed by atoms with E-state index in [0.717, 1.165) is 0 Å². The van der Waals surface area contributed by atoms with E-state index in [1.54, 1.807) is 23.1 Å². The second-order valence-electron chi connectivity index (χ2n) is 5.16. The van der Waals surface area contributed by atoms with Crippen molar-refractivity contribution in [3.05, 3.63) is 18.2 Å². The number of carbonyl (C=O) groups excluding carboxylic acids is 1. The molecular formula is C14H18N2O4. The van der Waals surface area contributed by atoms with Gasteiger partial charge in [-0.3, -0.25) is 0 Å². The normalized spacial score (nSPS) is 24.6. The summed E-state index contributed by atoms with van der Waals surface area (Å²) in [5, 5.41) is 2.88. The summed E-state index contributed by atoms with van der Waals surface area (Å²) in [6, 6.07) is 5.25. The molecule has 1 aromatic carbocycles. The van der Waals surface area contributed by atoms with Crippen LogP contribution in [-0.2, 0) is 4.74 Å². The molecule has 3 rings (SSSR count). The average molecular weight is 278 g/mol. The summed E-state index contributed by atoms with van der Waals surface area (Å²) in [6.07, 6.45) is 0.113. The maximum Gasteiger partial charge on any atom is 0.322 e. The monoisotopic (exact) mass is 278 g/mol. The summed E-state index contributed by atoms with van der Waals surface area (Å²) in [7, 11) is 0. The van der Waals surface area contributed by atoms with Crippen molar-refractivity contribution in [2.75, 3.05) is 25.2 Å². The standard InChI is InChI=1S/C14H18N2O4/c1-9-6-16(7-10(2)20-9)14(17)15-11-3-4-12-13(5-11)19-8-18-12/h3-5,9-10H,6-8H2,1-2H3,(H,15,17)/t9-,10-/m0/s1. The Morgan fingerprint density at radius 1 is 1.20 bits per heavy atom. The molecule has 2 amide bonds. The van der Waals surface area contributed by atoms with E-state index in [-0.39, 0.29) is 25.0 Å². The van der Waals surface area contributed by atoms with Crippen molar-refractivity contribution in [3.63, 3.8) is 0 Å². The van der Waals surface area contributed by atoms with Crippen LogP contribution in [-0.4, -0.2) is 43.0 Å². The van der Waals surface area contributed by atoms with Crippen molar-refractivity contribution in [2.45, 2.75) is 26.1 Å². The number of urea groups is 1. The highest BCUT2D eigenvalue weighted by Gasteiger charge is 2.26. The maximum absolute atomic E-state index is 12.2. The Bertz CT molecular complexity index is 510. The predicted molar refractivity (Wildman–Crippen MR) is 73.2 cm³/mol. The molecular weight excluding hydrogens is 260 g/mol. The number of hydrogen-bond donors (Lipinski definition) is 1. The van der Waals surface area contributed by atoms with E-state index in [0.29, 0.717) is 30.3 Å². The first-order valence-corrected chi connectivity index (χ1v) is 6.73. The summed E-state index contributed by atoms with van der Waals surface area (Å²) >= 11 is 0. The van der Waals surface area contributed by atoms with Crippen LogP contribution in [0.2, 0.25) is 0 Å². The molecule has 0 spiro atoms. The number of anilines is 1. The largest absolute Gasteiger partial charge is 0.454 e. The first-order valence-electron chi connectivity index (χ1n) is 6.73. The smallest absolute Gasteiger partial charge is 0.322 e. The fourth-order valence-corrected chi connectivity index (χ4v) is 2.52. The van der Waals surface area contributed by atoms with Gasteiger partial charge in [0.05, 0.1) is 12.2 Å². The minimum atomic E-state index is -0.120. The zero-order chi connectivity index (χ0) is 14.1. The van der Waals surface area contributed by atoms with E-state index in [1.165, 1.54) is 0 Å². The number of rotatable bonds is 1. The fraction of sp³-hybridized carbons (Fsp3) is 0.500. The summed E-state index contributed by atoms with van der Waals surface area (Å²) in [4.78, 5) is 14.0. The number of morpholine rings is 1. The Balaban J connectivity index is 1.66. The van der Waals surface area contributed by atoms with E-state index < -0.39 is 0 Å². The number of hydrogen-bond acceptors (Lipinski definition) is 4. The van der Waals surface area contributed by atoms with Crippen molar-refractivity contribution >= 4 is 11.7 Å². The third-order valence-electron chi connectivity index (χ3n) is 3.33. The molecule has 0 aromatic heterocycles. The van der Waals surface area contributed by atoms with Crippen molar-refractivity contribution in [1.29, 1.82) is 0 Å². The average Bonchev–Trinajstić information content (AvgIpc) is 2.85. The maximum atomic E-state index is 12.2. The lowest BCUT2D eigenvalue weighted by atomic mass is 10.2. The fourth-order valence-electron chi connectivity index (χ4n) is 2.52. The number of carbonyl (C=O) groups is 1. The highest BCUT2D eigenvalue weighted by atomic mass is 16.7. The van der Waals surface area contributed by atoms with Gasteiger partial charge in [-0.15, -0.1) is 0 Å². The van der Waals surface area contributed by atoms with Gasteiger partial charge in [0, 0.05) is 24.8 Å². The molecule has 2 aliphatic rings. The molecule has 0 aliphatic carbocycles. The van der Waals surface area contributed by atoms with Gasteiger partial charge in [0.25, 0.3) is 0 Å². The van der Waals surface area contributed by atoms with E-state index >= 15 is 0 Å². The quantitative estimate of drug-likeness (QED) is 0.854. The SMILES string of the molecule is C[C@H]1CN(C(=O)Nc2ccc3c(c2)OCO3)C[C@H](C)O1. The minimum Gasteiger partial charge on any atom is -0.454 e. The lowest BCUT2D eigenvalue weighted by Gasteiger charge is -2.35. The predicted octanol–water partition coefficient (Wildman–Crippen LogP) is 2.06. The number of benzene rings is 1. The molecule has 108 valence electrons. The van der Waals surface area contributed by atoms with Gasteiger partial charge in [-0.05, 0) is 26.0 Å². The van der Waals surface area contributed by atoms with Gasteiger partial charge in [0.1, 0.15) is 0 Å². The second-order valence-corrected chi connectivity index (χ2v) is 5.16. The summed E-state index contributed by atoms with van der Waals surface area (Å²) in [6.45, 7) is 5.36. The van der Waals surface area contributed by atoms with Gasteiger partial charge >= 0.3 is 6.03 Å². The van der Waals surface area contributed by atoms with E-state index in [4.69, 9.17) is 14.2 Å². The molecule has 0 radical (unpaired) electrons. The molecule has 6 heteroatoms. The molecule has 2 heterocycles. The first-order chi connectivity index (χ1) is 9.61. The molecule has 0 saturated carbocycles. The van der Waals surface area contributed by atoms with Gasteiger partial charge in [-0.1, -0.05) is 0 Å². The van der Waals surface area contributed by atoms with Crippen LogP contribution in [0.1, 0.15) is 13.8 Å². The summed E-state index contributed by atoms with van der Waals surface area (Å²) < 4.78 is 16.2. The van der Waals surface area contributed by atoms with Crippen molar-refractivity contribution < 1.29 is 19.0 Å². The molecule has 6 nitrogen and oxygen atoms in total. The minimum absolute atomic E-state index is 0.0567. The van der Waals surface area contributed by atoms with Crippen molar-refractivity contribution in [3.8, 4) is 11.5 Å². The van der Waals surface area contributed by atoms with Crippen LogP contribution in [0.5, 0.6) is 11.5 Å². The number of nitrogens with zero attached hydrogens (tertiary/aromatic N) is 1. The number of fused-ring (bicyclic) bond motifs is 1. The first kappa shape index (κ1) is 13.1. The second kappa shape index (κ2) is 5.20. The van der Waals surface area contributed by atoms with Crippen LogP contribution < -0.4 is 14.8 Å². The third-order valence-corrected chi connectivity index (χ3v) is 3.33. The molecule has 2 aliphatic heterocycles. The Morgan fingerprint density at radius 3 is 2.65 bits per heavy atom. The molecule has 0 unspecified atom stereocenters. The lowest BCUT2D eigenvalue weighted by molar-refractivity contribution is -0.0530. The Labute approximate surface area is 117 Å².